The van der Waals surface area contributed by atoms with Crippen LogP contribution in [-0.2, 0) is 4.79 Å². The molecule has 24 heavy (non-hydrogen) atoms. The van der Waals surface area contributed by atoms with E-state index in [1.54, 1.807) is 7.11 Å². The lowest BCUT2D eigenvalue weighted by molar-refractivity contribution is -0.123. The molecule has 2 fully saturated rings. The Labute approximate surface area is 140 Å². The first kappa shape index (κ1) is 15.1. The normalized spacial score (nSPS) is 22.0. The van der Waals surface area contributed by atoms with E-state index in [9.17, 15) is 4.79 Å². The van der Waals surface area contributed by atoms with E-state index in [1.165, 1.54) is 6.33 Å². The molecule has 3 heterocycles. The number of nitrogens with zero attached hydrogens (tertiary/aromatic N) is 4. The van der Waals surface area contributed by atoms with E-state index in [2.05, 4.69) is 37.2 Å². The van der Waals surface area contributed by atoms with Crippen LogP contribution in [-0.4, -0.2) is 66.7 Å². The molecular formula is C17H21N5O2. The largest absolute Gasteiger partial charge is 0.480 e. The molecule has 1 unspecified atom stereocenters. The molecule has 126 valence electrons. The monoisotopic (exact) mass is 327 g/mol. The second-order valence-corrected chi connectivity index (χ2v) is 6.20. The van der Waals surface area contributed by atoms with Gasteiger partial charge in [0, 0.05) is 38.4 Å². The molecule has 1 N–H and O–H groups in total. The number of hydrogen-bond acceptors (Lipinski definition) is 6. The number of methoxy groups -OCH3 is 1. The average molecular weight is 327 g/mol. The van der Waals surface area contributed by atoms with Gasteiger partial charge in [0.05, 0.1) is 24.1 Å². The molecule has 1 atom stereocenters. The van der Waals surface area contributed by atoms with E-state index >= 15 is 0 Å². The SMILES string of the molecule is COc1ncnc2ccc(N3CCN(C4CCNC4=O)CC3)cc12. The van der Waals surface area contributed by atoms with Crippen molar-refractivity contribution in [2.24, 2.45) is 0 Å². The fourth-order valence-electron chi connectivity index (χ4n) is 3.60. The predicted molar refractivity (Wildman–Crippen MR) is 91.3 cm³/mol. The summed E-state index contributed by atoms with van der Waals surface area (Å²) in [6.45, 7) is 4.42. The third-order valence-corrected chi connectivity index (χ3v) is 4.92. The van der Waals surface area contributed by atoms with Gasteiger partial charge in [-0.1, -0.05) is 0 Å². The van der Waals surface area contributed by atoms with E-state index < -0.39 is 0 Å². The quantitative estimate of drug-likeness (QED) is 0.892. The number of anilines is 1. The van der Waals surface area contributed by atoms with E-state index in [0.29, 0.717) is 5.88 Å². The highest BCUT2D eigenvalue weighted by molar-refractivity contribution is 5.87. The van der Waals surface area contributed by atoms with E-state index in [0.717, 1.165) is 55.7 Å². The maximum Gasteiger partial charge on any atom is 0.237 e. The van der Waals surface area contributed by atoms with E-state index in [4.69, 9.17) is 4.74 Å². The van der Waals surface area contributed by atoms with Crippen LogP contribution in [0, 0.1) is 0 Å². The first-order valence-corrected chi connectivity index (χ1v) is 8.32. The van der Waals surface area contributed by atoms with Crippen LogP contribution in [0.25, 0.3) is 10.9 Å². The lowest BCUT2D eigenvalue weighted by Gasteiger charge is -2.38. The summed E-state index contributed by atoms with van der Waals surface area (Å²) in [5.74, 6) is 0.777. The smallest absolute Gasteiger partial charge is 0.237 e. The zero-order chi connectivity index (χ0) is 16.5. The molecule has 7 nitrogen and oxygen atoms in total. The number of fused-ring (bicyclic) bond motifs is 1. The van der Waals surface area contributed by atoms with Crippen LogP contribution in [0.1, 0.15) is 6.42 Å². The maximum absolute atomic E-state index is 11.8. The molecule has 2 saturated heterocycles. The summed E-state index contributed by atoms with van der Waals surface area (Å²) >= 11 is 0. The van der Waals surface area contributed by atoms with Crippen LogP contribution in [0.5, 0.6) is 5.88 Å². The number of carbonyl (C=O) groups is 1. The van der Waals surface area contributed by atoms with Gasteiger partial charge in [-0.15, -0.1) is 0 Å². The molecule has 0 spiro atoms. The molecule has 2 aromatic rings. The van der Waals surface area contributed by atoms with Crippen LogP contribution >= 0.6 is 0 Å². The molecule has 0 radical (unpaired) electrons. The van der Waals surface area contributed by atoms with Gasteiger partial charge in [-0.2, -0.15) is 0 Å². The van der Waals surface area contributed by atoms with Gasteiger partial charge >= 0.3 is 0 Å². The van der Waals surface area contributed by atoms with Gasteiger partial charge in [0.2, 0.25) is 11.8 Å². The molecule has 1 aromatic heterocycles. The molecule has 2 aliphatic rings. The summed E-state index contributed by atoms with van der Waals surface area (Å²) in [5.41, 5.74) is 2.03. The lowest BCUT2D eigenvalue weighted by atomic mass is 10.1. The number of amides is 1. The van der Waals surface area contributed by atoms with Crippen LogP contribution in [0.3, 0.4) is 0 Å². The van der Waals surface area contributed by atoms with Crippen LogP contribution < -0.4 is 15.0 Å². The Bertz CT molecular complexity index is 758. The summed E-state index contributed by atoms with van der Waals surface area (Å²) in [5, 5.41) is 3.85. The second-order valence-electron chi connectivity index (χ2n) is 6.20. The van der Waals surface area contributed by atoms with Crippen molar-refractivity contribution in [1.29, 1.82) is 0 Å². The topological polar surface area (TPSA) is 70.6 Å². The van der Waals surface area contributed by atoms with Gasteiger partial charge in [0.25, 0.3) is 0 Å². The number of benzene rings is 1. The minimum atomic E-state index is 0.0530. The third-order valence-electron chi connectivity index (χ3n) is 4.92. The molecule has 7 heteroatoms. The Balaban J connectivity index is 1.51. The van der Waals surface area contributed by atoms with Crippen molar-refractivity contribution in [2.75, 3.05) is 44.7 Å². The van der Waals surface area contributed by atoms with Gasteiger partial charge in [-0.25, -0.2) is 9.97 Å². The number of aromatic nitrogens is 2. The zero-order valence-electron chi connectivity index (χ0n) is 13.7. The predicted octanol–water partition coefficient (Wildman–Crippen LogP) is 0.649. The molecule has 1 aromatic carbocycles. The molecule has 0 bridgehead atoms. The summed E-state index contributed by atoms with van der Waals surface area (Å²) in [6, 6.07) is 6.24. The second kappa shape index (κ2) is 6.24. The van der Waals surface area contributed by atoms with Gasteiger partial charge in [0.1, 0.15) is 6.33 Å². The van der Waals surface area contributed by atoms with Crippen molar-refractivity contribution >= 4 is 22.5 Å². The first-order chi connectivity index (χ1) is 11.8. The van der Waals surface area contributed by atoms with Gasteiger partial charge in [-0.05, 0) is 24.6 Å². The number of piperazine rings is 1. The number of carbonyl (C=O) groups excluding carboxylic acids is 1. The van der Waals surface area contributed by atoms with E-state index in [-0.39, 0.29) is 11.9 Å². The minimum Gasteiger partial charge on any atom is -0.480 e. The molecule has 4 rings (SSSR count). The standard InChI is InChI=1S/C17H21N5O2/c1-24-17-13-10-12(2-3-14(13)19-11-20-17)21-6-8-22(9-7-21)15-4-5-18-16(15)23/h2-3,10-11,15H,4-9H2,1H3,(H,18,23). The van der Waals surface area contributed by atoms with Crippen molar-refractivity contribution < 1.29 is 9.53 Å². The van der Waals surface area contributed by atoms with Crippen molar-refractivity contribution in [3.63, 3.8) is 0 Å². The molecule has 0 saturated carbocycles. The highest BCUT2D eigenvalue weighted by atomic mass is 16.5. The highest BCUT2D eigenvalue weighted by Gasteiger charge is 2.32. The Morgan fingerprint density at radius 3 is 2.75 bits per heavy atom. The Morgan fingerprint density at radius 1 is 1.21 bits per heavy atom. The Morgan fingerprint density at radius 2 is 2.04 bits per heavy atom. The summed E-state index contributed by atoms with van der Waals surface area (Å²) in [4.78, 5) is 25.0. The number of nitrogens with one attached hydrogen (secondary N) is 1. The summed E-state index contributed by atoms with van der Waals surface area (Å²) in [7, 11) is 1.62. The molecule has 0 aliphatic carbocycles. The Kier molecular flexibility index (Phi) is 3.93. The minimum absolute atomic E-state index is 0.0530. The first-order valence-electron chi connectivity index (χ1n) is 8.32. The van der Waals surface area contributed by atoms with Gasteiger partial charge in [0.15, 0.2) is 0 Å². The summed E-state index contributed by atoms with van der Waals surface area (Å²) < 4.78 is 5.34. The lowest BCUT2D eigenvalue weighted by Crippen LogP contribution is -2.52. The van der Waals surface area contributed by atoms with Gasteiger partial charge < -0.3 is 15.0 Å². The van der Waals surface area contributed by atoms with Gasteiger partial charge in [-0.3, -0.25) is 9.69 Å². The van der Waals surface area contributed by atoms with E-state index in [1.807, 2.05) is 6.07 Å². The number of rotatable bonds is 3. The zero-order valence-corrected chi connectivity index (χ0v) is 13.7. The van der Waals surface area contributed by atoms with Crippen LogP contribution in [0.2, 0.25) is 0 Å². The Hall–Kier alpha value is -2.41. The third kappa shape index (κ3) is 2.65. The van der Waals surface area contributed by atoms with Crippen molar-refractivity contribution in [3.8, 4) is 5.88 Å². The molecular weight excluding hydrogens is 306 g/mol. The molecule has 2 aliphatic heterocycles. The maximum atomic E-state index is 11.8. The van der Waals surface area contributed by atoms with Crippen molar-refractivity contribution in [2.45, 2.75) is 12.5 Å². The van der Waals surface area contributed by atoms with Crippen molar-refractivity contribution in [1.82, 2.24) is 20.2 Å². The fraction of sp³-hybridized carbons (Fsp3) is 0.471. The van der Waals surface area contributed by atoms with Crippen LogP contribution in [0.15, 0.2) is 24.5 Å². The number of hydrogen-bond donors (Lipinski definition) is 1. The van der Waals surface area contributed by atoms with Crippen LogP contribution in [0.4, 0.5) is 5.69 Å². The summed E-state index contributed by atoms with van der Waals surface area (Å²) in [6.07, 6.45) is 2.44. The van der Waals surface area contributed by atoms with Crippen molar-refractivity contribution in [3.05, 3.63) is 24.5 Å². The fourth-order valence-corrected chi connectivity index (χ4v) is 3.60. The number of ether oxygens (including phenoxy) is 1. The average Bonchev–Trinajstić information content (AvgIpc) is 3.07. The highest BCUT2D eigenvalue weighted by Crippen LogP contribution is 2.27. The molecule has 1 amide bonds.